The average molecular weight is 359 g/mol. The quantitative estimate of drug-likeness (QED) is 0.768. The molecule has 1 aliphatic rings. The minimum absolute atomic E-state index is 0.216. The summed E-state index contributed by atoms with van der Waals surface area (Å²) < 4.78 is 16.4. The zero-order chi connectivity index (χ0) is 17.6. The van der Waals surface area contributed by atoms with Crippen LogP contribution in [-0.2, 0) is 17.8 Å². The smallest absolute Gasteiger partial charge is 0.261 e. The third kappa shape index (κ3) is 2.87. The average Bonchev–Trinajstić information content (AvgIpc) is 3.23. The minimum atomic E-state index is -0.216. The highest BCUT2D eigenvalue weighted by atomic mass is 32.1. The van der Waals surface area contributed by atoms with Gasteiger partial charge in [-0.3, -0.25) is 4.79 Å². The van der Waals surface area contributed by atoms with Crippen LogP contribution in [-0.4, -0.2) is 22.7 Å². The van der Waals surface area contributed by atoms with Gasteiger partial charge in [-0.2, -0.15) is 4.98 Å². The molecule has 3 aromatic heterocycles. The van der Waals surface area contributed by atoms with Gasteiger partial charge in [-0.05, 0) is 38.8 Å². The molecule has 0 bridgehead atoms. The van der Waals surface area contributed by atoms with Crippen LogP contribution in [0.1, 0.15) is 38.1 Å². The number of nitrogens with one attached hydrogen (secondary N) is 1. The van der Waals surface area contributed by atoms with Crippen LogP contribution in [0.3, 0.4) is 0 Å². The van der Waals surface area contributed by atoms with E-state index in [4.69, 9.17) is 13.7 Å². The van der Waals surface area contributed by atoms with E-state index in [2.05, 4.69) is 15.5 Å². The molecule has 0 fully saturated rings. The number of aromatic nitrogens is 2. The van der Waals surface area contributed by atoms with Gasteiger partial charge in [0.25, 0.3) is 11.8 Å². The highest BCUT2D eigenvalue weighted by Gasteiger charge is 2.27. The zero-order valence-corrected chi connectivity index (χ0v) is 15.0. The topological polar surface area (TPSA) is 90.4 Å². The van der Waals surface area contributed by atoms with Crippen molar-refractivity contribution in [1.82, 2.24) is 10.1 Å². The predicted octanol–water partition coefficient (Wildman–Crippen LogP) is 3.64. The van der Waals surface area contributed by atoms with Gasteiger partial charge in [-0.15, -0.1) is 11.3 Å². The van der Waals surface area contributed by atoms with Crippen molar-refractivity contribution < 1.29 is 18.5 Å². The molecule has 7 nitrogen and oxygen atoms in total. The van der Waals surface area contributed by atoms with Gasteiger partial charge in [0.1, 0.15) is 16.5 Å². The number of aryl methyl sites for hydroxylation is 3. The third-order valence-electron chi connectivity index (χ3n) is 4.07. The van der Waals surface area contributed by atoms with Crippen molar-refractivity contribution in [2.24, 2.45) is 0 Å². The van der Waals surface area contributed by atoms with E-state index in [0.717, 1.165) is 22.4 Å². The number of hydrogen-bond acceptors (Lipinski definition) is 7. The van der Waals surface area contributed by atoms with Gasteiger partial charge < -0.3 is 19.0 Å². The van der Waals surface area contributed by atoms with E-state index in [1.54, 1.807) is 19.9 Å². The number of carbonyl (C=O) groups excluding carboxylic acids is 1. The van der Waals surface area contributed by atoms with Gasteiger partial charge in [-0.25, -0.2) is 0 Å². The molecule has 8 heteroatoms. The Morgan fingerprint density at radius 1 is 1.32 bits per heavy atom. The lowest BCUT2D eigenvalue weighted by Crippen LogP contribution is -2.12. The second kappa shape index (κ2) is 6.12. The van der Waals surface area contributed by atoms with Gasteiger partial charge in [-0.1, -0.05) is 5.16 Å². The number of furan rings is 1. The summed E-state index contributed by atoms with van der Waals surface area (Å²) >= 11 is 1.49. The normalized spacial score (nSPS) is 13.7. The molecule has 130 valence electrons. The van der Waals surface area contributed by atoms with E-state index in [-0.39, 0.29) is 5.91 Å². The van der Waals surface area contributed by atoms with E-state index < -0.39 is 0 Å². The lowest BCUT2D eigenvalue weighted by atomic mass is 10.1. The van der Waals surface area contributed by atoms with Crippen LogP contribution >= 0.6 is 11.3 Å². The maximum absolute atomic E-state index is 12.7. The molecule has 0 unspecified atom stereocenters. The molecule has 3 aromatic rings. The van der Waals surface area contributed by atoms with Crippen LogP contribution < -0.4 is 5.32 Å². The van der Waals surface area contributed by atoms with Gasteiger partial charge >= 0.3 is 0 Å². The van der Waals surface area contributed by atoms with Crippen LogP contribution in [0.15, 0.2) is 15.0 Å². The monoisotopic (exact) mass is 359 g/mol. The molecule has 1 N–H and O–H groups in total. The van der Waals surface area contributed by atoms with E-state index in [1.165, 1.54) is 11.3 Å². The fourth-order valence-corrected chi connectivity index (χ4v) is 4.14. The lowest BCUT2D eigenvalue weighted by Gasteiger charge is -2.12. The van der Waals surface area contributed by atoms with Crippen molar-refractivity contribution in [3.63, 3.8) is 0 Å². The largest absolute Gasteiger partial charge is 0.466 e. The number of hydrogen-bond donors (Lipinski definition) is 1. The van der Waals surface area contributed by atoms with Gasteiger partial charge in [0.2, 0.25) is 0 Å². The van der Waals surface area contributed by atoms with E-state index in [9.17, 15) is 4.79 Å². The molecule has 1 aliphatic heterocycles. The third-order valence-corrected chi connectivity index (χ3v) is 5.20. The molecule has 25 heavy (non-hydrogen) atoms. The van der Waals surface area contributed by atoms with Crippen LogP contribution in [0.2, 0.25) is 0 Å². The molecule has 4 rings (SSSR count). The van der Waals surface area contributed by atoms with Gasteiger partial charge in [0.15, 0.2) is 5.82 Å². The van der Waals surface area contributed by atoms with Gasteiger partial charge in [0, 0.05) is 4.88 Å². The summed E-state index contributed by atoms with van der Waals surface area (Å²) in [6.45, 7) is 6.52. The summed E-state index contributed by atoms with van der Waals surface area (Å²) in [5.74, 6) is 2.06. The number of rotatable bonds is 3. The summed E-state index contributed by atoms with van der Waals surface area (Å²) in [7, 11) is 0. The second-order valence-corrected chi connectivity index (χ2v) is 7.04. The highest BCUT2D eigenvalue weighted by molar-refractivity contribution is 7.17. The second-order valence-electron chi connectivity index (χ2n) is 5.94. The summed E-state index contributed by atoms with van der Waals surface area (Å²) in [4.78, 5) is 18.1. The van der Waals surface area contributed by atoms with Crippen LogP contribution in [0.5, 0.6) is 0 Å². The van der Waals surface area contributed by atoms with E-state index in [0.29, 0.717) is 47.0 Å². The molecule has 0 aromatic carbocycles. The van der Waals surface area contributed by atoms with Crippen molar-refractivity contribution in [2.75, 3.05) is 11.9 Å². The summed E-state index contributed by atoms with van der Waals surface area (Å²) in [5, 5.41) is 7.56. The molecule has 1 amide bonds. The molecule has 0 aliphatic carbocycles. The number of ether oxygens (including phenoxy) is 1. The number of nitrogens with zero attached hydrogens (tertiary/aromatic N) is 2. The SMILES string of the molecule is Cc1noc(-c2c(NC(=O)c3cc(C)oc3C)sc3c2CCOC3)n1. The maximum atomic E-state index is 12.7. The Morgan fingerprint density at radius 2 is 2.16 bits per heavy atom. The lowest BCUT2D eigenvalue weighted by molar-refractivity contribution is 0.102. The van der Waals surface area contributed by atoms with Crippen molar-refractivity contribution >= 4 is 22.2 Å². The van der Waals surface area contributed by atoms with E-state index >= 15 is 0 Å². The first-order chi connectivity index (χ1) is 12.0. The molecule has 0 saturated heterocycles. The molecular formula is C17H17N3O4S. The van der Waals surface area contributed by atoms with Crippen LogP contribution in [0.4, 0.5) is 5.00 Å². The number of thiophene rings is 1. The Hall–Kier alpha value is -2.45. The number of amides is 1. The molecule has 0 saturated carbocycles. The summed E-state index contributed by atoms with van der Waals surface area (Å²) in [5.41, 5.74) is 2.43. The number of carbonyl (C=O) groups is 1. The van der Waals surface area contributed by atoms with Gasteiger partial charge in [0.05, 0.1) is 24.3 Å². The predicted molar refractivity (Wildman–Crippen MR) is 91.8 cm³/mol. The molecule has 0 spiro atoms. The number of anilines is 1. The zero-order valence-electron chi connectivity index (χ0n) is 14.1. The Kier molecular flexibility index (Phi) is 3.93. The number of fused-ring (bicyclic) bond motifs is 1. The molecule has 4 heterocycles. The highest BCUT2D eigenvalue weighted by Crippen LogP contribution is 2.42. The van der Waals surface area contributed by atoms with Crippen molar-refractivity contribution in [2.45, 2.75) is 33.8 Å². The fourth-order valence-electron chi connectivity index (χ4n) is 2.97. The molecule has 0 atom stereocenters. The Balaban J connectivity index is 1.75. The summed E-state index contributed by atoms with van der Waals surface area (Å²) in [6, 6.07) is 1.73. The first-order valence-electron chi connectivity index (χ1n) is 7.94. The minimum Gasteiger partial charge on any atom is -0.466 e. The fraction of sp³-hybridized carbons (Fsp3) is 0.353. The molecular weight excluding hydrogens is 342 g/mol. The first kappa shape index (κ1) is 16.0. The Morgan fingerprint density at radius 3 is 2.84 bits per heavy atom. The van der Waals surface area contributed by atoms with Crippen LogP contribution in [0, 0.1) is 20.8 Å². The first-order valence-corrected chi connectivity index (χ1v) is 8.76. The summed E-state index contributed by atoms with van der Waals surface area (Å²) in [6.07, 6.45) is 0.752. The van der Waals surface area contributed by atoms with E-state index in [1.807, 2.05) is 6.92 Å². The maximum Gasteiger partial charge on any atom is 0.261 e. The van der Waals surface area contributed by atoms with Crippen molar-refractivity contribution in [3.05, 3.63) is 39.4 Å². The van der Waals surface area contributed by atoms with Crippen LogP contribution in [0.25, 0.3) is 11.5 Å². The molecule has 0 radical (unpaired) electrons. The van der Waals surface area contributed by atoms with Crippen molar-refractivity contribution in [1.29, 1.82) is 0 Å². The Labute approximate surface area is 148 Å². The standard InChI is InChI=1S/C17H17N3O4S/c1-8-6-12(9(2)23-8)15(21)19-17-14(16-18-10(3)20-24-16)11-4-5-22-7-13(11)25-17/h6H,4-5,7H2,1-3H3,(H,19,21). The Bertz CT molecular complexity index is 953. The van der Waals surface area contributed by atoms with Crippen molar-refractivity contribution in [3.8, 4) is 11.5 Å².